The molecule has 0 unspecified atom stereocenters. The van der Waals surface area contributed by atoms with E-state index in [2.05, 4.69) is 5.32 Å². The first kappa shape index (κ1) is 16.5. The van der Waals surface area contributed by atoms with Gasteiger partial charge < -0.3 is 5.32 Å². The number of nitrogens with one attached hydrogen (secondary N) is 1. The zero-order valence-electron chi connectivity index (χ0n) is 12.2. The average molecular weight is 355 g/mol. The Labute approximate surface area is 136 Å². The van der Waals surface area contributed by atoms with Crippen LogP contribution in [0.4, 0.5) is 18.9 Å². The average Bonchev–Trinajstić information content (AvgIpc) is 2.85. The molecule has 1 N–H and O–H groups in total. The summed E-state index contributed by atoms with van der Waals surface area (Å²) in [5, 5.41) is 2.59. The second-order valence-corrected chi connectivity index (χ2v) is 7.49. The molecule has 1 aliphatic rings. The van der Waals surface area contributed by atoms with E-state index in [0.717, 1.165) is 12.1 Å². The Hall–Kier alpha value is -2.35. The molecule has 1 amide bonds. The van der Waals surface area contributed by atoms with E-state index in [0.29, 0.717) is 11.3 Å². The summed E-state index contributed by atoms with van der Waals surface area (Å²) in [5.74, 6) is -0.769. The van der Waals surface area contributed by atoms with Gasteiger partial charge in [-0.2, -0.15) is 13.2 Å². The summed E-state index contributed by atoms with van der Waals surface area (Å²) >= 11 is 0. The minimum atomic E-state index is -4.53. The largest absolute Gasteiger partial charge is 0.416 e. The van der Waals surface area contributed by atoms with E-state index in [-0.39, 0.29) is 22.8 Å². The van der Waals surface area contributed by atoms with Crippen LogP contribution in [0, 0.1) is 0 Å². The van der Waals surface area contributed by atoms with Crippen molar-refractivity contribution in [2.24, 2.45) is 0 Å². The van der Waals surface area contributed by atoms with Gasteiger partial charge in [-0.05, 0) is 35.4 Å². The molecule has 0 fully saturated rings. The van der Waals surface area contributed by atoms with Crippen LogP contribution in [0.5, 0.6) is 0 Å². The number of hydrogen-bond donors (Lipinski definition) is 1. The second kappa shape index (κ2) is 5.62. The molecule has 0 spiro atoms. The molecule has 24 heavy (non-hydrogen) atoms. The second-order valence-electron chi connectivity index (χ2n) is 5.50. The van der Waals surface area contributed by atoms with Crippen molar-refractivity contribution in [3.8, 4) is 0 Å². The van der Waals surface area contributed by atoms with Gasteiger partial charge in [-0.1, -0.05) is 18.2 Å². The van der Waals surface area contributed by atoms with Crippen molar-refractivity contribution in [3.63, 3.8) is 0 Å². The van der Waals surface area contributed by atoms with E-state index < -0.39 is 27.3 Å². The first-order chi connectivity index (χ1) is 11.1. The van der Waals surface area contributed by atoms with Gasteiger partial charge in [0.05, 0.1) is 22.6 Å². The molecule has 3 rings (SSSR count). The van der Waals surface area contributed by atoms with Crippen molar-refractivity contribution in [2.45, 2.75) is 23.2 Å². The highest BCUT2D eigenvalue weighted by Gasteiger charge is 2.31. The quantitative estimate of drug-likeness (QED) is 0.920. The number of rotatable bonds is 3. The lowest BCUT2D eigenvalue weighted by Gasteiger charge is -2.10. The minimum absolute atomic E-state index is 0.0184. The van der Waals surface area contributed by atoms with Crippen molar-refractivity contribution in [2.75, 3.05) is 5.32 Å². The fraction of sp³-hybridized carbons (Fsp3) is 0.188. The number of carbonyl (C=O) groups excluding carboxylic acids is 1. The van der Waals surface area contributed by atoms with Gasteiger partial charge in [0.1, 0.15) is 0 Å². The number of fused-ring (bicyclic) bond motifs is 1. The lowest BCUT2D eigenvalue weighted by atomic mass is 10.1. The monoisotopic (exact) mass is 355 g/mol. The maximum absolute atomic E-state index is 12.7. The first-order valence-corrected chi connectivity index (χ1v) is 8.62. The van der Waals surface area contributed by atoms with Gasteiger partial charge in [0.25, 0.3) is 0 Å². The fourth-order valence-corrected chi connectivity index (χ4v) is 3.92. The van der Waals surface area contributed by atoms with Crippen LogP contribution in [0.1, 0.15) is 16.7 Å². The van der Waals surface area contributed by atoms with Gasteiger partial charge in [0.2, 0.25) is 5.91 Å². The van der Waals surface area contributed by atoms with Crippen LogP contribution in [0.2, 0.25) is 0 Å². The molecule has 4 nitrogen and oxygen atoms in total. The van der Waals surface area contributed by atoms with E-state index in [9.17, 15) is 26.4 Å². The Bertz CT molecular complexity index is 920. The highest BCUT2D eigenvalue weighted by molar-refractivity contribution is 7.90. The molecule has 0 radical (unpaired) electrons. The van der Waals surface area contributed by atoms with E-state index in [4.69, 9.17) is 0 Å². The summed E-state index contributed by atoms with van der Waals surface area (Å²) in [6, 6.07) is 8.45. The number of alkyl halides is 3. The van der Waals surface area contributed by atoms with Gasteiger partial charge in [-0.25, -0.2) is 8.42 Å². The van der Waals surface area contributed by atoms with Crippen molar-refractivity contribution >= 4 is 21.4 Å². The van der Waals surface area contributed by atoms with E-state index in [1.165, 1.54) is 30.3 Å². The third kappa shape index (κ3) is 3.28. The Morgan fingerprint density at radius 2 is 1.83 bits per heavy atom. The smallest absolute Gasteiger partial charge is 0.326 e. The molecule has 0 atom stereocenters. The summed E-state index contributed by atoms with van der Waals surface area (Å²) in [6.45, 7) is 0. The molecule has 1 heterocycles. The maximum Gasteiger partial charge on any atom is 0.416 e. The molecule has 2 aromatic rings. The number of sulfone groups is 1. The van der Waals surface area contributed by atoms with Crippen LogP contribution in [0.25, 0.3) is 0 Å². The van der Waals surface area contributed by atoms with E-state index in [1.54, 1.807) is 0 Å². The van der Waals surface area contributed by atoms with Gasteiger partial charge in [-0.3, -0.25) is 4.79 Å². The van der Waals surface area contributed by atoms with E-state index in [1.807, 2.05) is 0 Å². The predicted octanol–water partition coefficient (Wildman–Crippen LogP) is 3.17. The zero-order valence-corrected chi connectivity index (χ0v) is 13.0. The SMILES string of the molecule is O=C1Cc2cc(S(=O)(=O)Cc3cccc(C(F)(F)F)c3)ccc2N1. The van der Waals surface area contributed by atoms with Crippen molar-refractivity contribution in [1.82, 2.24) is 0 Å². The lowest BCUT2D eigenvalue weighted by molar-refractivity contribution is -0.137. The predicted molar refractivity (Wildman–Crippen MR) is 81.1 cm³/mol. The highest BCUT2D eigenvalue weighted by atomic mass is 32.2. The Balaban J connectivity index is 1.90. The van der Waals surface area contributed by atoms with Gasteiger partial charge in [0.15, 0.2) is 9.84 Å². The summed E-state index contributed by atoms with van der Waals surface area (Å²) in [4.78, 5) is 11.3. The van der Waals surface area contributed by atoms with Crippen molar-refractivity contribution in [3.05, 3.63) is 59.2 Å². The summed E-state index contributed by atoms with van der Waals surface area (Å²) in [7, 11) is -3.82. The van der Waals surface area contributed by atoms with Crippen LogP contribution < -0.4 is 5.32 Å². The number of benzene rings is 2. The minimum Gasteiger partial charge on any atom is -0.326 e. The summed E-state index contributed by atoms with van der Waals surface area (Å²) in [5.41, 5.74) is 0.279. The normalized spacial score (nSPS) is 14.4. The Morgan fingerprint density at radius 1 is 1.08 bits per heavy atom. The molecule has 0 saturated heterocycles. The topological polar surface area (TPSA) is 63.2 Å². The number of halogens is 3. The van der Waals surface area contributed by atoms with Gasteiger partial charge in [-0.15, -0.1) is 0 Å². The van der Waals surface area contributed by atoms with Gasteiger partial charge in [0, 0.05) is 5.69 Å². The highest BCUT2D eigenvalue weighted by Crippen LogP contribution is 2.31. The molecular weight excluding hydrogens is 343 g/mol. The molecule has 0 aliphatic carbocycles. The number of carbonyl (C=O) groups is 1. The number of anilines is 1. The molecule has 1 aliphatic heterocycles. The summed E-state index contributed by atoms with van der Waals surface area (Å²) in [6.07, 6.45) is -4.44. The van der Waals surface area contributed by atoms with E-state index >= 15 is 0 Å². The Morgan fingerprint density at radius 3 is 2.54 bits per heavy atom. The molecule has 126 valence electrons. The molecule has 0 saturated carbocycles. The van der Waals surface area contributed by atoms with Crippen LogP contribution >= 0.6 is 0 Å². The zero-order chi connectivity index (χ0) is 17.5. The Kier molecular flexibility index (Phi) is 3.87. The molecular formula is C16H12F3NO3S. The van der Waals surface area contributed by atoms with Crippen molar-refractivity contribution in [1.29, 1.82) is 0 Å². The first-order valence-electron chi connectivity index (χ1n) is 6.97. The molecule has 2 aromatic carbocycles. The standard InChI is InChI=1S/C16H12F3NO3S/c17-16(18,19)12-3-1-2-10(6-12)9-24(22,23)13-4-5-14-11(7-13)8-15(21)20-14/h1-7H,8-9H2,(H,20,21). The molecule has 0 bridgehead atoms. The van der Waals surface area contributed by atoms with Crippen LogP contribution in [0.3, 0.4) is 0 Å². The molecule has 8 heteroatoms. The fourth-order valence-electron chi connectivity index (χ4n) is 2.54. The van der Waals surface area contributed by atoms with Gasteiger partial charge >= 0.3 is 6.18 Å². The molecule has 0 aromatic heterocycles. The number of amides is 1. The third-order valence-electron chi connectivity index (χ3n) is 3.67. The third-order valence-corrected chi connectivity index (χ3v) is 5.36. The van der Waals surface area contributed by atoms with Crippen LogP contribution in [-0.2, 0) is 33.0 Å². The lowest BCUT2D eigenvalue weighted by Crippen LogP contribution is -2.08. The van der Waals surface area contributed by atoms with Crippen molar-refractivity contribution < 1.29 is 26.4 Å². The van der Waals surface area contributed by atoms with Crippen LogP contribution in [-0.4, -0.2) is 14.3 Å². The number of hydrogen-bond acceptors (Lipinski definition) is 3. The maximum atomic E-state index is 12.7. The summed E-state index contributed by atoms with van der Waals surface area (Å²) < 4.78 is 63.1. The van der Waals surface area contributed by atoms with Crippen LogP contribution in [0.15, 0.2) is 47.4 Å².